The Hall–Kier alpha value is -2.88. The van der Waals surface area contributed by atoms with E-state index in [0.29, 0.717) is 16.8 Å². The summed E-state index contributed by atoms with van der Waals surface area (Å²) >= 11 is 0. The Bertz CT molecular complexity index is 877. The summed E-state index contributed by atoms with van der Waals surface area (Å²) in [6.07, 6.45) is 3.58. The maximum atomic E-state index is 11.9. The van der Waals surface area contributed by atoms with E-state index in [-0.39, 0.29) is 5.63 Å². The van der Waals surface area contributed by atoms with Gasteiger partial charge in [-0.15, -0.1) is 0 Å². The zero-order valence-corrected chi connectivity index (χ0v) is 12.5. The molecule has 0 unspecified atom stereocenters. The fraction of sp³-hybridized carbons (Fsp3) is 0.111. The minimum atomic E-state index is -0.367. The highest BCUT2D eigenvalue weighted by molar-refractivity contribution is 5.78. The summed E-state index contributed by atoms with van der Waals surface area (Å²) in [5, 5.41) is 0.495. The molecule has 3 aromatic rings. The molecule has 0 aliphatic carbocycles. The third-order valence-electron chi connectivity index (χ3n) is 3.38. The van der Waals surface area contributed by atoms with Gasteiger partial charge in [-0.25, -0.2) is 9.78 Å². The number of hydrogen-bond acceptors (Lipinski definition) is 4. The zero-order valence-electron chi connectivity index (χ0n) is 12.5. The summed E-state index contributed by atoms with van der Waals surface area (Å²) in [5.74, 6) is 0.306. The number of hydrogen-bond donors (Lipinski definition) is 0. The van der Waals surface area contributed by atoms with Crippen LogP contribution in [-0.4, -0.2) is 19.1 Å². The van der Waals surface area contributed by atoms with Gasteiger partial charge in [0.05, 0.1) is 10.9 Å². The molecule has 0 fully saturated rings. The first-order chi connectivity index (χ1) is 10.6. The van der Waals surface area contributed by atoms with Gasteiger partial charge < -0.3 is 9.32 Å². The van der Waals surface area contributed by atoms with Crippen LogP contribution in [0.2, 0.25) is 0 Å². The van der Waals surface area contributed by atoms with E-state index in [1.165, 1.54) is 0 Å². The second-order valence-corrected chi connectivity index (χ2v) is 5.18. The highest BCUT2D eigenvalue weighted by atomic mass is 16.4. The standard InChI is InChI=1S/C18H16N2O2/c1-20(2)14-10-7-13(8-11-14)9-12-17-19-16-6-4-3-5-15(16)18(21)22-17/h3-12H,1-2H3. The Kier molecular flexibility index (Phi) is 3.74. The number of anilines is 1. The first-order valence-corrected chi connectivity index (χ1v) is 6.99. The molecule has 1 heterocycles. The zero-order chi connectivity index (χ0) is 15.5. The van der Waals surface area contributed by atoms with Crippen LogP contribution < -0.4 is 10.5 Å². The number of nitrogens with zero attached hydrogens (tertiary/aromatic N) is 2. The van der Waals surface area contributed by atoms with Crippen molar-refractivity contribution in [2.24, 2.45) is 0 Å². The molecule has 1 aromatic heterocycles. The molecule has 4 heteroatoms. The third kappa shape index (κ3) is 2.91. The summed E-state index contributed by atoms with van der Waals surface area (Å²) in [7, 11) is 4.00. The average Bonchev–Trinajstić information content (AvgIpc) is 2.53. The van der Waals surface area contributed by atoms with Crippen LogP contribution >= 0.6 is 0 Å². The van der Waals surface area contributed by atoms with Crippen LogP contribution in [0.15, 0.2) is 57.7 Å². The Morgan fingerprint density at radius 3 is 2.45 bits per heavy atom. The second kappa shape index (κ2) is 5.85. The van der Waals surface area contributed by atoms with Gasteiger partial charge >= 0.3 is 5.63 Å². The van der Waals surface area contributed by atoms with Gasteiger partial charge in [-0.2, -0.15) is 0 Å². The second-order valence-electron chi connectivity index (χ2n) is 5.18. The monoisotopic (exact) mass is 292 g/mol. The lowest BCUT2D eigenvalue weighted by Gasteiger charge is -2.11. The quantitative estimate of drug-likeness (QED) is 0.742. The fourth-order valence-electron chi connectivity index (χ4n) is 2.16. The van der Waals surface area contributed by atoms with Crippen molar-refractivity contribution in [3.8, 4) is 0 Å². The van der Waals surface area contributed by atoms with Crippen LogP contribution in [-0.2, 0) is 0 Å². The van der Waals surface area contributed by atoms with Crippen molar-refractivity contribution in [1.82, 2.24) is 4.98 Å². The fourth-order valence-corrected chi connectivity index (χ4v) is 2.16. The van der Waals surface area contributed by atoms with Crippen molar-refractivity contribution in [3.63, 3.8) is 0 Å². The van der Waals surface area contributed by atoms with E-state index in [4.69, 9.17) is 4.42 Å². The summed E-state index contributed by atoms with van der Waals surface area (Å²) in [6, 6.07) is 15.2. The molecular weight excluding hydrogens is 276 g/mol. The average molecular weight is 292 g/mol. The molecule has 0 spiro atoms. The number of rotatable bonds is 3. The Morgan fingerprint density at radius 2 is 1.73 bits per heavy atom. The van der Waals surface area contributed by atoms with Crippen LogP contribution in [0, 0.1) is 0 Å². The number of aromatic nitrogens is 1. The van der Waals surface area contributed by atoms with E-state index in [2.05, 4.69) is 4.98 Å². The summed E-state index contributed by atoms with van der Waals surface area (Å²) in [5.41, 5.74) is 2.42. The predicted octanol–water partition coefficient (Wildman–Crippen LogP) is 3.42. The SMILES string of the molecule is CN(C)c1ccc(C=Cc2nc3ccccc3c(=O)o2)cc1. The largest absolute Gasteiger partial charge is 0.404 e. The Balaban J connectivity index is 1.90. The highest BCUT2D eigenvalue weighted by Gasteiger charge is 2.03. The third-order valence-corrected chi connectivity index (χ3v) is 3.38. The molecule has 0 aliphatic rings. The normalized spacial score (nSPS) is 11.2. The van der Waals surface area contributed by atoms with Gasteiger partial charge in [-0.3, -0.25) is 0 Å². The summed E-state index contributed by atoms with van der Waals surface area (Å²) in [4.78, 5) is 18.3. The maximum Gasteiger partial charge on any atom is 0.347 e. The molecule has 2 aromatic carbocycles. The van der Waals surface area contributed by atoms with Gasteiger partial charge in [0, 0.05) is 25.9 Å². The Labute approximate surface area is 128 Å². The van der Waals surface area contributed by atoms with Crippen LogP contribution in [0.1, 0.15) is 11.5 Å². The van der Waals surface area contributed by atoms with Crippen LogP contribution in [0.5, 0.6) is 0 Å². The van der Waals surface area contributed by atoms with Gasteiger partial charge in [0.15, 0.2) is 0 Å². The smallest absolute Gasteiger partial charge is 0.347 e. The minimum Gasteiger partial charge on any atom is -0.404 e. The molecule has 0 bridgehead atoms. The van der Waals surface area contributed by atoms with Crippen molar-refractivity contribution in [1.29, 1.82) is 0 Å². The first-order valence-electron chi connectivity index (χ1n) is 6.99. The van der Waals surface area contributed by atoms with Crippen LogP contribution in [0.25, 0.3) is 23.1 Å². The predicted molar refractivity (Wildman–Crippen MR) is 90.0 cm³/mol. The van der Waals surface area contributed by atoms with E-state index in [1.54, 1.807) is 24.3 Å². The van der Waals surface area contributed by atoms with E-state index >= 15 is 0 Å². The van der Waals surface area contributed by atoms with Gasteiger partial charge in [0.2, 0.25) is 5.89 Å². The number of benzene rings is 2. The van der Waals surface area contributed by atoms with Crippen molar-refractivity contribution in [3.05, 3.63) is 70.4 Å². The molecule has 110 valence electrons. The number of para-hydroxylation sites is 1. The Morgan fingerprint density at radius 1 is 1.00 bits per heavy atom. The first kappa shape index (κ1) is 14.1. The van der Waals surface area contributed by atoms with Gasteiger partial charge in [-0.05, 0) is 35.9 Å². The molecule has 3 rings (SSSR count). The van der Waals surface area contributed by atoms with E-state index < -0.39 is 0 Å². The van der Waals surface area contributed by atoms with E-state index in [1.807, 2.05) is 55.4 Å². The summed E-state index contributed by atoms with van der Waals surface area (Å²) < 4.78 is 5.21. The molecule has 0 radical (unpaired) electrons. The molecule has 0 N–H and O–H groups in total. The van der Waals surface area contributed by atoms with Crippen molar-refractivity contribution < 1.29 is 4.42 Å². The molecule has 0 atom stereocenters. The highest BCUT2D eigenvalue weighted by Crippen LogP contribution is 2.14. The van der Waals surface area contributed by atoms with Crippen LogP contribution in [0.4, 0.5) is 5.69 Å². The molecule has 0 saturated carbocycles. The van der Waals surface area contributed by atoms with Gasteiger partial charge in [0.1, 0.15) is 0 Å². The number of fused-ring (bicyclic) bond motifs is 1. The maximum absolute atomic E-state index is 11.9. The molecular formula is C18H16N2O2. The van der Waals surface area contributed by atoms with Crippen molar-refractivity contribution in [2.75, 3.05) is 19.0 Å². The van der Waals surface area contributed by atoms with E-state index in [0.717, 1.165) is 11.3 Å². The lowest BCUT2D eigenvalue weighted by Crippen LogP contribution is -2.07. The van der Waals surface area contributed by atoms with Gasteiger partial charge in [0.25, 0.3) is 0 Å². The van der Waals surface area contributed by atoms with Crippen molar-refractivity contribution in [2.45, 2.75) is 0 Å². The molecule has 0 amide bonds. The van der Waals surface area contributed by atoms with Crippen LogP contribution in [0.3, 0.4) is 0 Å². The minimum absolute atomic E-state index is 0.306. The van der Waals surface area contributed by atoms with Crippen molar-refractivity contribution >= 4 is 28.7 Å². The lowest BCUT2D eigenvalue weighted by atomic mass is 10.2. The topological polar surface area (TPSA) is 46.3 Å². The summed E-state index contributed by atoms with van der Waals surface area (Å²) in [6.45, 7) is 0. The van der Waals surface area contributed by atoms with Gasteiger partial charge in [-0.1, -0.05) is 24.3 Å². The molecule has 0 saturated heterocycles. The lowest BCUT2D eigenvalue weighted by molar-refractivity contribution is 0.491. The molecule has 0 aliphatic heterocycles. The molecule has 4 nitrogen and oxygen atoms in total. The molecule has 22 heavy (non-hydrogen) atoms. The van der Waals surface area contributed by atoms with E-state index in [9.17, 15) is 4.79 Å².